The molecule has 4 fully saturated rings. The van der Waals surface area contributed by atoms with Gasteiger partial charge in [-0.2, -0.15) is 0 Å². The highest BCUT2D eigenvalue weighted by molar-refractivity contribution is 7.13. The number of nitrogens with zero attached hydrogens (tertiary/aromatic N) is 3. The van der Waals surface area contributed by atoms with Gasteiger partial charge in [0, 0.05) is 38.2 Å². The molecule has 0 spiro atoms. The molecule has 4 N–H and O–H groups in total. The molecule has 16 heteroatoms. The highest BCUT2D eigenvalue weighted by Crippen LogP contribution is 2.41. The lowest BCUT2D eigenvalue weighted by molar-refractivity contribution is -0.145. The Morgan fingerprint density at radius 3 is 2.45 bits per heavy atom. The van der Waals surface area contributed by atoms with E-state index in [-0.39, 0.29) is 38.5 Å². The standard InChI is InChI=1S/C40H56FN5O9S/c1-24-33(56-23-43-24)27-9-10-28(32(15-27)55-21-26-7-5-25(6-8-26)20-53-22-30-19-45(38(51)52)13-14-54-30)17-42-35(48)31-16-29(47)18-46(31)36(49)34(39(2,3)4)44-37(50)40(41)11-12-40/h9-10,15,23,25-26,29-31,34,47H,5-8,11-14,16-22H2,1-4H3,(H,42,48)(H,44,50)(H,51,52)/t25?,26?,29-,30-,31+,34-/m1/s1. The van der Waals surface area contributed by atoms with Crippen LogP contribution in [0.15, 0.2) is 23.7 Å². The van der Waals surface area contributed by atoms with E-state index in [2.05, 4.69) is 15.6 Å². The van der Waals surface area contributed by atoms with Crippen molar-refractivity contribution in [2.75, 3.05) is 46.1 Å². The second kappa shape index (κ2) is 17.7. The Morgan fingerprint density at radius 2 is 1.80 bits per heavy atom. The number of β-amino-alcohol motifs (C(OH)–C–C–N with tert-alkyl or cyclic N) is 1. The highest BCUT2D eigenvalue weighted by atomic mass is 32.1. The third kappa shape index (κ3) is 10.4. The SMILES string of the molecule is Cc1ncsc1-c1ccc(CNC(=O)[C@@H]2C[C@@H](O)CN2C(=O)[C@@H](NC(=O)C2(F)CC2)C(C)(C)C)c(OCC2CCC(COC[C@H]3CN(C(=O)O)CCO3)CC2)c1. The molecule has 0 radical (unpaired) electrons. The maximum absolute atomic E-state index is 14.6. The normalized spacial score (nSPS) is 25.4. The van der Waals surface area contributed by atoms with E-state index in [4.69, 9.17) is 14.2 Å². The summed E-state index contributed by atoms with van der Waals surface area (Å²) in [6, 6.07) is 3.81. The van der Waals surface area contributed by atoms with E-state index in [1.165, 1.54) is 21.1 Å². The summed E-state index contributed by atoms with van der Waals surface area (Å²) in [7, 11) is 0. The molecule has 2 aliphatic heterocycles. The number of hydrogen-bond acceptors (Lipinski definition) is 10. The van der Waals surface area contributed by atoms with Gasteiger partial charge in [0.05, 0.1) is 54.7 Å². The second-order valence-electron chi connectivity index (χ2n) is 16.9. The third-order valence-electron chi connectivity index (χ3n) is 11.4. The molecule has 6 rings (SSSR count). The number of aromatic nitrogens is 1. The van der Waals surface area contributed by atoms with E-state index in [0.717, 1.165) is 47.4 Å². The van der Waals surface area contributed by atoms with Crippen LogP contribution in [0.1, 0.15) is 77.0 Å². The molecule has 4 amide bonds. The monoisotopic (exact) mass is 801 g/mol. The molecular formula is C40H56FN5O9S. The average Bonchev–Trinajstić information content (AvgIpc) is 3.57. The van der Waals surface area contributed by atoms with Crippen LogP contribution in [0, 0.1) is 24.2 Å². The smallest absolute Gasteiger partial charge is 0.407 e. The number of morpholine rings is 1. The number of benzene rings is 1. The quantitative estimate of drug-likeness (QED) is 0.215. The molecule has 4 aliphatic rings. The van der Waals surface area contributed by atoms with Crippen LogP contribution in [0.25, 0.3) is 10.4 Å². The van der Waals surface area contributed by atoms with Gasteiger partial charge >= 0.3 is 6.09 Å². The van der Waals surface area contributed by atoms with Crippen LogP contribution in [0.4, 0.5) is 9.18 Å². The minimum atomic E-state index is -1.96. The highest BCUT2D eigenvalue weighted by Gasteiger charge is 2.53. The first-order valence-corrected chi connectivity index (χ1v) is 20.6. The molecule has 308 valence electrons. The zero-order valence-corrected chi connectivity index (χ0v) is 33.6. The maximum Gasteiger partial charge on any atom is 0.407 e. The third-order valence-corrected chi connectivity index (χ3v) is 12.4. The van der Waals surface area contributed by atoms with Crippen molar-refractivity contribution in [1.82, 2.24) is 25.4 Å². The summed E-state index contributed by atoms with van der Waals surface area (Å²) < 4.78 is 32.7. The number of amides is 4. The zero-order valence-electron chi connectivity index (χ0n) is 32.8. The van der Waals surface area contributed by atoms with E-state index < -0.39 is 53.1 Å². The van der Waals surface area contributed by atoms with Crippen molar-refractivity contribution in [3.05, 3.63) is 35.0 Å². The number of carbonyl (C=O) groups is 4. The number of nitrogens with one attached hydrogen (secondary N) is 2. The summed E-state index contributed by atoms with van der Waals surface area (Å²) in [5.74, 6) is -0.429. The fourth-order valence-electron chi connectivity index (χ4n) is 7.71. The number of aryl methyl sites for hydroxylation is 1. The predicted octanol–water partition coefficient (Wildman–Crippen LogP) is 4.31. The lowest BCUT2D eigenvalue weighted by atomic mass is 9.83. The molecule has 56 heavy (non-hydrogen) atoms. The van der Waals surface area contributed by atoms with Crippen molar-refractivity contribution in [3.8, 4) is 16.2 Å². The molecule has 14 nitrogen and oxygen atoms in total. The van der Waals surface area contributed by atoms with Crippen LogP contribution in [-0.4, -0.2) is 125 Å². The number of carboxylic acid groups (broad SMARTS) is 1. The molecule has 1 aromatic heterocycles. The van der Waals surface area contributed by atoms with Crippen LogP contribution in [0.5, 0.6) is 5.75 Å². The molecule has 3 heterocycles. The largest absolute Gasteiger partial charge is 0.493 e. The van der Waals surface area contributed by atoms with Crippen LogP contribution in [0.3, 0.4) is 0 Å². The number of likely N-dealkylation sites (tertiary alicyclic amines) is 1. The summed E-state index contributed by atoms with van der Waals surface area (Å²) in [6.07, 6.45) is 2.05. The molecule has 4 atom stereocenters. The van der Waals surface area contributed by atoms with E-state index >= 15 is 0 Å². The zero-order chi connectivity index (χ0) is 40.2. The molecule has 2 aromatic rings. The van der Waals surface area contributed by atoms with Gasteiger partial charge in [-0.1, -0.05) is 32.9 Å². The van der Waals surface area contributed by atoms with Crippen molar-refractivity contribution in [2.24, 2.45) is 17.3 Å². The topological polar surface area (TPSA) is 180 Å². The van der Waals surface area contributed by atoms with Gasteiger partial charge in [0.2, 0.25) is 11.8 Å². The van der Waals surface area contributed by atoms with Crippen molar-refractivity contribution < 1.29 is 48.0 Å². The van der Waals surface area contributed by atoms with Gasteiger partial charge in [0.15, 0.2) is 5.67 Å². The molecule has 0 bridgehead atoms. The van der Waals surface area contributed by atoms with Crippen LogP contribution in [0.2, 0.25) is 0 Å². The summed E-state index contributed by atoms with van der Waals surface area (Å²) in [6.45, 7) is 9.83. The summed E-state index contributed by atoms with van der Waals surface area (Å²) >= 11 is 1.54. The van der Waals surface area contributed by atoms with Gasteiger partial charge in [-0.25, -0.2) is 14.2 Å². The van der Waals surface area contributed by atoms with E-state index in [0.29, 0.717) is 57.1 Å². The Balaban J connectivity index is 1.05. The minimum absolute atomic E-state index is 0.0355. The number of rotatable bonds is 14. The first-order chi connectivity index (χ1) is 26.6. The van der Waals surface area contributed by atoms with Crippen molar-refractivity contribution in [1.29, 1.82) is 0 Å². The maximum atomic E-state index is 14.6. The number of carbonyl (C=O) groups excluding carboxylic acids is 3. The molecule has 0 unspecified atom stereocenters. The minimum Gasteiger partial charge on any atom is -0.493 e. The fraction of sp³-hybridized carbons (Fsp3) is 0.675. The number of aliphatic hydroxyl groups excluding tert-OH is 1. The van der Waals surface area contributed by atoms with Crippen LogP contribution < -0.4 is 15.4 Å². The Kier molecular flexibility index (Phi) is 13.2. The van der Waals surface area contributed by atoms with Crippen molar-refractivity contribution >= 4 is 35.2 Å². The number of thiazole rings is 1. The Bertz CT molecular complexity index is 1720. The predicted molar refractivity (Wildman–Crippen MR) is 206 cm³/mol. The van der Waals surface area contributed by atoms with Gasteiger partial charge < -0.3 is 44.9 Å². The fourth-order valence-corrected chi connectivity index (χ4v) is 8.51. The van der Waals surface area contributed by atoms with Crippen molar-refractivity contribution in [3.63, 3.8) is 0 Å². The van der Waals surface area contributed by atoms with Gasteiger partial charge in [0.1, 0.15) is 17.8 Å². The van der Waals surface area contributed by atoms with Crippen LogP contribution in [-0.2, 0) is 30.4 Å². The van der Waals surface area contributed by atoms with Crippen LogP contribution >= 0.6 is 11.3 Å². The first-order valence-electron chi connectivity index (χ1n) is 19.7. The molecule has 2 aliphatic carbocycles. The number of ether oxygens (including phenoxy) is 3. The number of aliphatic hydroxyl groups is 1. The van der Waals surface area contributed by atoms with Crippen molar-refractivity contribution in [2.45, 2.75) is 109 Å². The Labute approximate surface area is 331 Å². The summed E-state index contributed by atoms with van der Waals surface area (Å²) in [4.78, 5) is 59.7. The molecule has 1 aromatic carbocycles. The summed E-state index contributed by atoms with van der Waals surface area (Å²) in [5, 5.41) is 25.4. The number of hydrogen-bond donors (Lipinski definition) is 4. The van der Waals surface area contributed by atoms with Gasteiger partial charge in [-0.05, 0) is 74.3 Å². The lowest BCUT2D eigenvalue weighted by Gasteiger charge is -2.35. The molecule has 2 saturated carbocycles. The van der Waals surface area contributed by atoms with Gasteiger partial charge in [0.25, 0.3) is 5.91 Å². The van der Waals surface area contributed by atoms with E-state index in [1.807, 2.05) is 25.1 Å². The van der Waals surface area contributed by atoms with Gasteiger partial charge in [-0.15, -0.1) is 11.3 Å². The lowest BCUT2D eigenvalue weighted by Crippen LogP contribution is -2.59. The second-order valence-corrected chi connectivity index (χ2v) is 17.8. The number of halogens is 1. The molecule has 2 saturated heterocycles. The average molecular weight is 802 g/mol. The van der Waals surface area contributed by atoms with E-state index in [9.17, 15) is 33.8 Å². The van der Waals surface area contributed by atoms with Gasteiger partial charge in [-0.3, -0.25) is 14.4 Å². The molecular weight excluding hydrogens is 746 g/mol. The first kappa shape index (κ1) is 41.8. The Hall–Kier alpha value is -3.86. The summed E-state index contributed by atoms with van der Waals surface area (Å²) in [5.41, 5.74) is 1.68. The van der Waals surface area contributed by atoms with E-state index in [1.54, 1.807) is 26.3 Å². The Morgan fingerprint density at radius 1 is 1.09 bits per heavy atom. The number of alkyl halides is 1.